The first-order valence-corrected chi connectivity index (χ1v) is 13.9. The van der Waals surface area contributed by atoms with Crippen molar-refractivity contribution in [2.24, 2.45) is 11.8 Å². The van der Waals surface area contributed by atoms with Crippen molar-refractivity contribution in [3.8, 4) is 0 Å². The first kappa shape index (κ1) is 29.5. The van der Waals surface area contributed by atoms with E-state index in [9.17, 15) is 19.2 Å². The molecule has 0 aliphatic carbocycles. The Morgan fingerprint density at radius 2 is 1.29 bits per heavy atom. The van der Waals surface area contributed by atoms with Crippen LogP contribution in [0.4, 0.5) is 0 Å². The normalized spacial score (nSPS) is 18.1. The van der Waals surface area contributed by atoms with Gasteiger partial charge in [-0.25, -0.2) is 4.79 Å². The van der Waals surface area contributed by atoms with Crippen LogP contribution in [0.25, 0.3) is 0 Å². The molecule has 0 aromatic heterocycles. The van der Waals surface area contributed by atoms with E-state index >= 15 is 0 Å². The molecular weight excluding hydrogens is 520 g/mol. The van der Waals surface area contributed by atoms with Crippen LogP contribution in [0.2, 0.25) is 0 Å². The quantitative estimate of drug-likeness (QED) is 0.310. The van der Waals surface area contributed by atoms with E-state index in [0.29, 0.717) is 6.42 Å². The fraction of sp³-hybridized carbons (Fsp3) is 0.333. The highest BCUT2D eigenvalue weighted by atomic mass is 16.6. The molecule has 2 amide bonds. The largest absolute Gasteiger partial charge is 0.459 e. The lowest BCUT2D eigenvalue weighted by Crippen LogP contribution is -2.60. The predicted octanol–water partition coefficient (Wildman–Crippen LogP) is 3.77. The monoisotopic (exact) mass is 556 g/mol. The number of cyclic esters (lactones) is 1. The molecule has 2 N–H and O–H groups in total. The minimum atomic E-state index is -1.01. The summed E-state index contributed by atoms with van der Waals surface area (Å²) in [6.45, 7) is 3.91. The lowest BCUT2D eigenvalue weighted by molar-refractivity contribution is -0.193. The lowest BCUT2D eigenvalue weighted by Gasteiger charge is -2.38. The Kier molecular flexibility index (Phi) is 10.3. The van der Waals surface area contributed by atoms with Gasteiger partial charge in [0.2, 0.25) is 5.91 Å². The zero-order chi connectivity index (χ0) is 29.2. The van der Waals surface area contributed by atoms with Gasteiger partial charge in [-0.2, -0.15) is 0 Å². The van der Waals surface area contributed by atoms with Gasteiger partial charge >= 0.3 is 11.9 Å². The SMILES string of the molecule is CC[C@H](C)C1C(=O)OC1C(=O)NC(Cc1ccccc1)C(=O)NC(Cc1ccccc1)C(=O)OCc1ccccc1. The molecule has 41 heavy (non-hydrogen) atoms. The maximum absolute atomic E-state index is 13.7. The van der Waals surface area contributed by atoms with Crippen LogP contribution in [0, 0.1) is 11.8 Å². The van der Waals surface area contributed by atoms with Gasteiger partial charge in [0, 0.05) is 12.8 Å². The number of carbonyl (C=O) groups is 4. The highest BCUT2D eigenvalue weighted by molar-refractivity contribution is 5.97. The van der Waals surface area contributed by atoms with Crippen molar-refractivity contribution in [2.45, 2.75) is 57.9 Å². The second-order valence-corrected chi connectivity index (χ2v) is 10.4. The highest BCUT2D eigenvalue weighted by Crippen LogP contribution is 2.31. The number of rotatable bonds is 13. The maximum Gasteiger partial charge on any atom is 0.329 e. The van der Waals surface area contributed by atoms with Gasteiger partial charge in [0.25, 0.3) is 5.91 Å². The second kappa shape index (κ2) is 14.3. The summed E-state index contributed by atoms with van der Waals surface area (Å²) in [5, 5.41) is 5.60. The number of esters is 2. The van der Waals surface area contributed by atoms with Crippen LogP contribution in [-0.2, 0) is 48.1 Å². The molecule has 214 valence electrons. The number of hydrogen-bond acceptors (Lipinski definition) is 6. The van der Waals surface area contributed by atoms with Crippen LogP contribution in [0.5, 0.6) is 0 Å². The van der Waals surface area contributed by atoms with Crippen molar-refractivity contribution in [1.82, 2.24) is 10.6 Å². The molecule has 8 nitrogen and oxygen atoms in total. The lowest BCUT2D eigenvalue weighted by atomic mass is 9.82. The van der Waals surface area contributed by atoms with E-state index in [1.165, 1.54) is 0 Å². The summed E-state index contributed by atoms with van der Waals surface area (Å²) in [5.74, 6) is -2.65. The predicted molar refractivity (Wildman–Crippen MR) is 153 cm³/mol. The van der Waals surface area contributed by atoms with E-state index in [1.807, 2.05) is 105 Å². The molecule has 3 aromatic rings. The van der Waals surface area contributed by atoms with Crippen LogP contribution in [0.3, 0.4) is 0 Å². The number of hydrogen-bond donors (Lipinski definition) is 2. The molecule has 0 bridgehead atoms. The molecule has 1 aliphatic heterocycles. The zero-order valence-corrected chi connectivity index (χ0v) is 23.3. The highest BCUT2D eigenvalue weighted by Gasteiger charge is 2.50. The number of amides is 2. The van der Waals surface area contributed by atoms with Gasteiger partial charge < -0.3 is 20.1 Å². The average molecular weight is 557 g/mol. The molecule has 3 aromatic carbocycles. The minimum absolute atomic E-state index is 0.0389. The van der Waals surface area contributed by atoms with Crippen molar-refractivity contribution >= 4 is 23.8 Å². The number of ether oxygens (including phenoxy) is 2. The Labute approximate surface area is 240 Å². The summed E-state index contributed by atoms with van der Waals surface area (Å²) in [7, 11) is 0. The first-order valence-electron chi connectivity index (χ1n) is 13.9. The summed E-state index contributed by atoms with van der Waals surface area (Å²) in [6.07, 6.45) is 0.149. The molecular formula is C33H36N2O6. The Morgan fingerprint density at radius 3 is 1.80 bits per heavy atom. The fourth-order valence-corrected chi connectivity index (χ4v) is 4.79. The third-order valence-electron chi connectivity index (χ3n) is 7.38. The number of benzene rings is 3. The van der Waals surface area contributed by atoms with Crippen molar-refractivity contribution in [2.75, 3.05) is 0 Å². The van der Waals surface area contributed by atoms with Gasteiger partial charge in [-0.3, -0.25) is 14.4 Å². The Hall–Kier alpha value is -4.46. The van der Waals surface area contributed by atoms with Gasteiger partial charge in [-0.1, -0.05) is 111 Å². The van der Waals surface area contributed by atoms with Crippen molar-refractivity contribution in [1.29, 1.82) is 0 Å². The van der Waals surface area contributed by atoms with E-state index < -0.39 is 47.9 Å². The molecule has 0 saturated carbocycles. The third-order valence-corrected chi connectivity index (χ3v) is 7.38. The van der Waals surface area contributed by atoms with E-state index in [1.54, 1.807) is 0 Å². The smallest absolute Gasteiger partial charge is 0.329 e. The zero-order valence-electron chi connectivity index (χ0n) is 23.3. The van der Waals surface area contributed by atoms with Crippen molar-refractivity contribution in [3.63, 3.8) is 0 Å². The molecule has 5 atom stereocenters. The fourth-order valence-electron chi connectivity index (χ4n) is 4.79. The third kappa shape index (κ3) is 8.03. The Balaban J connectivity index is 1.51. The number of carbonyl (C=O) groups excluding carboxylic acids is 4. The molecule has 0 radical (unpaired) electrons. The van der Waals surface area contributed by atoms with Crippen LogP contribution in [0.1, 0.15) is 37.0 Å². The van der Waals surface area contributed by atoms with Crippen molar-refractivity contribution < 1.29 is 28.7 Å². The topological polar surface area (TPSA) is 111 Å². The summed E-state index contributed by atoms with van der Waals surface area (Å²) >= 11 is 0. The van der Waals surface area contributed by atoms with Gasteiger partial charge in [-0.05, 0) is 22.6 Å². The summed E-state index contributed by atoms with van der Waals surface area (Å²) in [5.41, 5.74) is 2.49. The van der Waals surface area contributed by atoms with Gasteiger partial charge in [-0.15, -0.1) is 0 Å². The second-order valence-electron chi connectivity index (χ2n) is 10.4. The van der Waals surface area contributed by atoms with Crippen molar-refractivity contribution in [3.05, 3.63) is 108 Å². The molecule has 1 fully saturated rings. The van der Waals surface area contributed by atoms with E-state index in [0.717, 1.165) is 16.7 Å². The molecule has 0 spiro atoms. The Morgan fingerprint density at radius 1 is 0.780 bits per heavy atom. The molecule has 4 rings (SSSR count). The van der Waals surface area contributed by atoms with Gasteiger partial charge in [0.1, 0.15) is 24.6 Å². The van der Waals surface area contributed by atoms with Crippen LogP contribution >= 0.6 is 0 Å². The molecule has 4 unspecified atom stereocenters. The summed E-state index contributed by atoms with van der Waals surface area (Å²) in [4.78, 5) is 52.2. The molecule has 1 heterocycles. The Bertz CT molecular complexity index is 1320. The van der Waals surface area contributed by atoms with E-state index in [4.69, 9.17) is 9.47 Å². The van der Waals surface area contributed by atoms with E-state index in [-0.39, 0.29) is 25.4 Å². The maximum atomic E-state index is 13.7. The first-order chi connectivity index (χ1) is 19.9. The van der Waals surface area contributed by atoms with Gasteiger partial charge in [0.05, 0.1) is 0 Å². The van der Waals surface area contributed by atoms with Crippen LogP contribution in [0.15, 0.2) is 91.0 Å². The van der Waals surface area contributed by atoms with E-state index in [2.05, 4.69) is 10.6 Å². The average Bonchev–Trinajstić information content (AvgIpc) is 2.99. The van der Waals surface area contributed by atoms with Gasteiger partial charge in [0.15, 0.2) is 6.10 Å². The minimum Gasteiger partial charge on any atom is -0.459 e. The molecule has 1 saturated heterocycles. The summed E-state index contributed by atoms with van der Waals surface area (Å²) < 4.78 is 10.8. The molecule has 1 aliphatic rings. The summed E-state index contributed by atoms with van der Waals surface area (Å²) in [6, 6.07) is 25.9. The standard InChI is InChI=1S/C33H36N2O6/c1-3-22(2)28-29(41-33(28)39)31(37)34-26(19-23-13-7-4-8-14-23)30(36)35-27(20-24-15-9-5-10-16-24)32(38)40-21-25-17-11-6-12-18-25/h4-18,22,26-29H,3,19-21H2,1-2H3,(H,34,37)(H,35,36)/t22-,26?,27?,28?,29?/m0/s1. The number of nitrogens with one attached hydrogen (secondary N) is 2. The molecule has 8 heteroatoms. The van der Waals surface area contributed by atoms with Crippen LogP contribution < -0.4 is 10.6 Å². The van der Waals surface area contributed by atoms with Crippen LogP contribution in [-0.4, -0.2) is 41.9 Å².